The van der Waals surface area contributed by atoms with Gasteiger partial charge in [0.15, 0.2) is 5.96 Å². The molecule has 0 radical (unpaired) electrons. The molecule has 10 heteroatoms. The maximum absolute atomic E-state index is 13.4. The Bertz CT molecular complexity index is 574. The lowest BCUT2D eigenvalue weighted by molar-refractivity contribution is -0.173. The lowest BCUT2D eigenvalue weighted by atomic mass is 10.1. The summed E-state index contributed by atoms with van der Waals surface area (Å²) in [5, 5.41) is 6.12. The van der Waals surface area contributed by atoms with Crippen molar-refractivity contribution in [2.24, 2.45) is 4.99 Å². The van der Waals surface area contributed by atoms with Crippen LogP contribution in [-0.2, 0) is 17.0 Å². The molecule has 0 aliphatic carbocycles. The number of rotatable bonds is 10. The Morgan fingerprint density at radius 3 is 2.59 bits per heavy atom. The third kappa shape index (κ3) is 12.3. The maximum atomic E-state index is 13.4. The number of thioether (sulfide) groups is 1. The molecule has 1 aromatic rings. The van der Waals surface area contributed by atoms with Crippen LogP contribution in [0.1, 0.15) is 24.5 Å². The molecule has 2 N–H and O–H groups in total. The summed E-state index contributed by atoms with van der Waals surface area (Å²) >= 11 is 1.60. The minimum Gasteiger partial charge on any atom is -0.372 e. The molecule has 1 rings (SSSR count). The first-order chi connectivity index (χ1) is 12.4. The van der Waals surface area contributed by atoms with Crippen LogP contribution < -0.4 is 10.6 Å². The molecule has 27 heavy (non-hydrogen) atoms. The highest BCUT2D eigenvalue weighted by Gasteiger charge is 2.27. The number of alkyl halides is 3. The van der Waals surface area contributed by atoms with E-state index in [1.165, 1.54) is 12.1 Å². The summed E-state index contributed by atoms with van der Waals surface area (Å²) in [5.74, 6) is 0.983. The maximum Gasteiger partial charge on any atom is 0.411 e. The lowest BCUT2D eigenvalue weighted by Crippen LogP contribution is -2.38. The van der Waals surface area contributed by atoms with Crippen molar-refractivity contribution >= 4 is 41.7 Å². The number of guanidine groups is 1. The van der Waals surface area contributed by atoms with Crippen LogP contribution in [0.15, 0.2) is 23.2 Å². The number of hydrogen-bond acceptors (Lipinski definition) is 3. The Balaban J connectivity index is 0.00000676. The molecule has 0 spiro atoms. The predicted molar refractivity (Wildman–Crippen MR) is 113 cm³/mol. The minimum absolute atomic E-state index is 0. The largest absolute Gasteiger partial charge is 0.411 e. The first kappa shape index (κ1) is 26.2. The van der Waals surface area contributed by atoms with Crippen LogP contribution in [-0.4, -0.2) is 44.7 Å². The van der Waals surface area contributed by atoms with Crippen molar-refractivity contribution in [1.82, 2.24) is 10.6 Å². The average Bonchev–Trinajstić information content (AvgIpc) is 2.56. The molecule has 0 amide bonds. The summed E-state index contributed by atoms with van der Waals surface area (Å²) in [6, 6.07) is 4.64. The Hall–Kier alpha value is -0.750. The van der Waals surface area contributed by atoms with E-state index in [1.54, 1.807) is 17.8 Å². The van der Waals surface area contributed by atoms with Crippen molar-refractivity contribution < 1.29 is 22.3 Å². The lowest BCUT2D eigenvalue weighted by Gasteiger charge is -2.13. The molecule has 0 saturated heterocycles. The van der Waals surface area contributed by atoms with Crippen molar-refractivity contribution in [2.75, 3.05) is 32.6 Å². The van der Waals surface area contributed by atoms with Gasteiger partial charge in [-0.1, -0.05) is 6.07 Å². The van der Waals surface area contributed by atoms with Gasteiger partial charge in [0.05, 0.1) is 6.54 Å². The molecule has 0 heterocycles. The quantitative estimate of drug-likeness (QED) is 0.158. The summed E-state index contributed by atoms with van der Waals surface area (Å²) in [7, 11) is 0. The fourth-order valence-corrected chi connectivity index (χ4v) is 2.69. The second-order valence-corrected chi connectivity index (χ2v) is 6.36. The number of hydrogen-bond donors (Lipinski definition) is 2. The second-order valence-electron chi connectivity index (χ2n) is 5.49. The van der Waals surface area contributed by atoms with Crippen LogP contribution in [0.25, 0.3) is 0 Å². The normalized spacial score (nSPS) is 11.9. The number of nitrogens with one attached hydrogen (secondary N) is 2. The first-order valence-electron chi connectivity index (χ1n) is 8.28. The highest BCUT2D eigenvalue weighted by molar-refractivity contribution is 14.0. The third-order valence-corrected chi connectivity index (χ3v) is 3.84. The zero-order valence-electron chi connectivity index (χ0n) is 15.4. The van der Waals surface area contributed by atoms with Crippen LogP contribution in [0, 0.1) is 5.82 Å². The van der Waals surface area contributed by atoms with E-state index < -0.39 is 12.8 Å². The highest BCUT2D eigenvalue weighted by Crippen LogP contribution is 2.17. The van der Waals surface area contributed by atoms with E-state index in [4.69, 9.17) is 0 Å². The number of halogens is 5. The number of aliphatic imine (C=N–C) groups is 1. The Morgan fingerprint density at radius 1 is 1.22 bits per heavy atom. The molecule has 1 aromatic carbocycles. The molecule has 0 bridgehead atoms. The van der Waals surface area contributed by atoms with Gasteiger partial charge in [0.25, 0.3) is 0 Å². The molecule has 0 aliphatic heterocycles. The van der Waals surface area contributed by atoms with Crippen LogP contribution >= 0.6 is 35.7 Å². The van der Waals surface area contributed by atoms with Crippen molar-refractivity contribution in [3.8, 4) is 0 Å². The van der Waals surface area contributed by atoms with Gasteiger partial charge in [-0.25, -0.2) is 9.38 Å². The summed E-state index contributed by atoms with van der Waals surface area (Å²) in [6.45, 7) is 2.17. The van der Waals surface area contributed by atoms with Crippen molar-refractivity contribution in [1.29, 1.82) is 0 Å². The van der Waals surface area contributed by atoms with E-state index in [0.717, 1.165) is 11.1 Å². The van der Waals surface area contributed by atoms with Gasteiger partial charge in [-0.05, 0) is 42.9 Å². The predicted octanol–water partition coefficient (Wildman–Crippen LogP) is 4.33. The van der Waals surface area contributed by atoms with Crippen LogP contribution in [0.5, 0.6) is 0 Å². The molecular formula is C17H26F4IN3OS. The van der Waals surface area contributed by atoms with E-state index in [0.29, 0.717) is 37.8 Å². The van der Waals surface area contributed by atoms with E-state index in [2.05, 4.69) is 20.4 Å². The van der Waals surface area contributed by atoms with E-state index in [1.807, 2.05) is 13.2 Å². The first-order valence-corrected chi connectivity index (χ1v) is 9.68. The second kappa shape index (κ2) is 14.3. The highest BCUT2D eigenvalue weighted by atomic mass is 127. The fourth-order valence-electron chi connectivity index (χ4n) is 2.11. The topological polar surface area (TPSA) is 45.7 Å². The van der Waals surface area contributed by atoms with Crippen LogP contribution in [0.2, 0.25) is 0 Å². The van der Waals surface area contributed by atoms with Gasteiger partial charge < -0.3 is 15.4 Å². The minimum atomic E-state index is -4.30. The Kier molecular flexibility index (Phi) is 13.9. The average molecular weight is 523 g/mol. The zero-order valence-corrected chi connectivity index (χ0v) is 18.5. The van der Waals surface area contributed by atoms with Gasteiger partial charge >= 0.3 is 6.18 Å². The molecule has 0 fully saturated rings. The SMILES string of the molecule is CCNC(=NCc1ccc(F)cc1CSC)NCCCOCC(F)(F)F.I. The molecule has 0 atom stereocenters. The van der Waals surface area contributed by atoms with Crippen molar-refractivity contribution in [2.45, 2.75) is 31.8 Å². The summed E-state index contributed by atoms with van der Waals surface area (Å²) in [4.78, 5) is 4.46. The monoisotopic (exact) mass is 523 g/mol. The zero-order chi connectivity index (χ0) is 19.4. The van der Waals surface area contributed by atoms with Gasteiger partial charge in [0.2, 0.25) is 0 Å². The van der Waals surface area contributed by atoms with E-state index in [9.17, 15) is 17.6 Å². The summed E-state index contributed by atoms with van der Waals surface area (Å²) in [5.41, 5.74) is 1.84. The molecule has 0 saturated carbocycles. The van der Waals surface area contributed by atoms with E-state index in [-0.39, 0.29) is 36.4 Å². The third-order valence-electron chi connectivity index (χ3n) is 3.24. The van der Waals surface area contributed by atoms with Gasteiger partial charge in [-0.3, -0.25) is 0 Å². The van der Waals surface area contributed by atoms with Crippen LogP contribution in [0.3, 0.4) is 0 Å². The Labute approximate surface area is 178 Å². The van der Waals surface area contributed by atoms with Gasteiger partial charge in [-0.15, -0.1) is 24.0 Å². The standard InChI is InChI=1S/C17H25F4N3OS.HI/c1-3-22-16(23-7-4-8-25-12-17(19,20)21)24-10-13-5-6-15(18)9-14(13)11-26-2;/h5-6,9H,3-4,7-8,10-12H2,1-2H3,(H2,22,23,24);1H. The number of benzene rings is 1. The molecular weight excluding hydrogens is 497 g/mol. The Morgan fingerprint density at radius 2 is 1.96 bits per heavy atom. The fraction of sp³-hybridized carbons (Fsp3) is 0.588. The van der Waals surface area contributed by atoms with Crippen molar-refractivity contribution in [3.63, 3.8) is 0 Å². The van der Waals surface area contributed by atoms with E-state index >= 15 is 0 Å². The molecule has 0 aliphatic rings. The van der Waals surface area contributed by atoms with Crippen LogP contribution in [0.4, 0.5) is 17.6 Å². The summed E-state index contributed by atoms with van der Waals surface area (Å²) < 4.78 is 53.9. The molecule has 0 unspecified atom stereocenters. The smallest absolute Gasteiger partial charge is 0.372 e. The summed E-state index contributed by atoms with van der Waals surface area (Å²) in [6.07, 6.45) is -1.92. The van der Waals surface area contributed by atoms with Gasteiger partial charge in [0, 0.05) is 25.4 Å². The molecule has 4 nitrogen and oxygen atoms in total. The number of ether oxygens (including phenoxy) is 1. The van der Waals surface area contributed by atoms with Gasteiger partial charge in [-0.2, -0.15) is 24.9 Å². The van der Waals surface area contributed by atoms with Crippen molar-refractivity contribution in [3.05, 3.63) is 35.1 Å². The number of nitrogens with zero attached hydrogens (tertiary/aromatic N) is 1. The molecule has 156 valence electrons. The van der Waals surface area contributed by atoms with Gasteiger partial charge in [0.1, 0.15) is 12.4 Å². The molecule has 0 aromatic heterocycles.